The van der Waals surface area contributed by atoms with Crippen molar-refractivity contribution >= 4 is 11.8 Å². The van der Waals surface area contributed by atoms with E-state index < -0.39 is 5.97 Å². The Morgan fingerprint density at radius 2 is 1.89 bits per heavy atom. The number of ketones is 1. The molecule has 0 saturated heterocycles. The zero-order valence-electron chi connectivity index (χ0n) is 11.2. The summed E-state index contributed by atoms with van der Waals surface area (Å²) in [5.41, 5.74) is 0.910. The Bertz CT molecular complexity index is 431. The smallest absolute Gasteiger partial charge is 0.313 e. The maximum atomic E-state index is 12.7. The predicted molar refractivity (Wildman–Crippen MR) is 69.0 cm³/mol. The standard InChI is InChI=1S/C14H18FNO3/c1-3-19-14(18)8-13(17)10-16(2)9-11-4-6-12(15)7-5-11/h4-7H,3,8-10H2,1-2H3. The van der Waals surface area contributed by atoms with Crippen LogP contribution in [-0.4, -0.2) is 36.9 Å². The number of hydrogen-bond acceptors (Lipinski definition) is 4. The molecule has 0 amide bonds. The van der Waals surface area contributed by atoms with E-state index in [1.54, 1.807) is 31.0 Å². The third kappa shape index (κ3) is 6.10. The molecule has 0 atom stereocenters. The van der Waals surface area contributed by atoms with Gasteiger partial charge in [-0.3, -0.25) is 14.5 Å². The Balaban J connectivity index is 2.38. The van der Waals surface area contributed by atoms with Crippen LogP contribution in [0.1, 0.15) is 18.9 Å². The highest BCUT2D eigenvalue weighted by Gasteiger charge is 2.12. The first-order valence-electron chi connectivity index (χ1n) is 6.11. The van der Waals surface area contributed by atoms with Crippen LogP contribution < -0.4 is 0 Å². The van der Waals surface area contributed by atoms with Crippen molar-refractivity contribution in [3.05, 3.63) is 35.6 Å². The number of hydrogen-bond donors (Lipinski definition) is 0. The van der Waals surface area contributed by atoms with E-state index in [1.165, 1.54) is 12.1 Å². The summed E-state index contributed by atoms with van der Waals surface area (Å²) in [4.78, 5) is 24.5. The summed E-state index contributed by atoms with van der Waals surface area (Å²) in [5, 5.41) is 0. The maximum absolute atomic E-state index is 12.7. The number of Topliss-reactive ketones (excluding diaryl/α,β-unsaturated/α-hetero) is 1. The average molecular weight is 267 g/mol. The van der Waals surface area contributed by atoms with Crippen LogP contribution in [0.2, 0.25) is 0 Å². The van der Waals surface area contributed by atoms with Crippen LogP contribution in [0.5, 0.6) is 0 Å². The fraction of sp³-hybridized carbons (Fsp3) is 0.429. The van der Waals surface area contributed by atoms with Crippen molar-refractivity contribution in [3.8, 4) is 0 Å². The Kier molecular flexibility index (Phi) is 6.15. The van der Waals surface area contributed by atoms with Crippen LogP contribution in [0.25, 0.3) is 0 Å². The third-order valence-corrected chi connectivity index (χ3v) is 2.46. The average Bonchev–Trinajstić information content (AvgIpc) is 2.32. The van der Waals surface area contributed by atoms with Gasteiger partial charge < -0.3 is 4.74 Å². The van der Waals surface area contributed by atoms with Gasteiger partial charge in [0.1, 0.15) is 12.2 Å². The molecule has 19 heavy (non-hydrogen) atoms. The first kappa shape index (κ1) is 15.3. The highest BCUT2D eigenvalue weighted by molar-refractivity contribution is 5.96. The summed E-state index contributed by atoms with van der Waals surface area (Å²) < 4.78 is 17.4. The predicted octanol–water partition coefficient (Wildman–Crippen LogP) is 1.78. The molecule has 0 aliphatic rings. The van der Waals surface area contributed by atoms with Gasteiger partial charge in [-0.2, -0.15) is 0 Å². The molecule has 0 heterocycles. The monoisotopic (exact) mass is 267 g/mol. The summed E-state index contributed by atoms with van der Waals surface area (Å²) in [7, 11) is 1.77. The number of nitrogens with zero attached hydrogens (tertiary/aromatic N) is 1. The van der Waals surface area contributed by atoms with Crippen molar-refractivity contribution in [2.24, 2.45) is 0 Å². The largest absolute Gasteiger partial charge is 0.466 e. The van der Waals surface area contributed by atoms with E-state index in [-0.39, 0.29) is 31.2 Å². The highest BCUT2D eigenvalue weighted by Crippen LogP contribution is 2.05. The summed E-state index contributed by atoms with van der Waals surface area (Å²) in [6.45, 7) is 2.66. The van der Waals surface area contributed by atoms with E-state index >= 15 is 0 Å². The van der Waals surface area contributed by atoms with E-state index in [2.05, 4.69) is 0 Å². The van der Waals surface area contributed by atoms with Crippen LogP contribution in [0.15, 0.2) is 24.3 Å². The summed E-state index contributed by atoms with van der Waals surface area (Å²) in [6, 6.07) is 6.09. The molecule has 4 nitrogen and oxygen atoms in total. The molecule has 0 aliphatic carbocycles. The molecule has 1 aromatic rings. The lowest BCUT2D eigenvalue weighted by Crippen LogP contribution is -2.27. The number of carbonyl (C=O) groups excluding carboxylic acids is 2. The zero-order valence-corrected chi connectivity index (χ0v) is 11.2. The van der Waals surface area contributed by atoms with E-state index in [9.17, 15) is 14.0 Å². The topological polar surface area (TPSA) is 46.6 Å². The van der Waals surface area contributed by atoms with Crippen molar-refractivity contribution in [3.63, 3.8) is 0 Å². The van der Waals surface area contributed by atoms with Gasteiger partial charge in [-0.25, -0.2) is 4.39 Å². The van der Waals surface area contributed by atoms with Gasteiger partial charge in [0.15, 0.2) is 5.78 Å². The van der Waals surface area contributed by atoms with Crippen molar-refractivity contribution < 1.29 is 18.7 Å². The van der Waals surface area contributed by atoms with Crippen LogP contribution in [0.4, 0.5) is 4.39 Å². The van der Waals surface area contributed by atoms with Gasteiger partial charge in [-0.05, 0) is 31.7 Å². The zero-order chi connectivity index (χ0) is 14.3. The van der Waals surface area contributed by atoms with E-state index in [0.717, 1.165) is 5.56 Å². The second kappa shape index (κ2) is 7.63. The minimum Gasteiger partial charge on any atom is -0.466 e. The Hall–Kier alpha value is -1.75. The van der Waals surface area contributed by atoms with Crippen molar-refractivity contribution in [2.75, 3.05) is 20.2 Å². The lowest BCUT2D eigenvalue weighted by Gasteiger charge is -2.15. The minimum atomic E-state index is -0.498. The summed E-state index contributed by atoms with van der Waals surface area (Å²) in [6.07, 6.45) is -0.207. The quantitative estimate of drug-likeness (QED) is 0.558. The molecule has 0 unspecified atom stereocenters. The summed E-state index contributed by atoms with van der Waals surface area (Å²) in [5.74, 6) is -0.976. The second-order valence-electron chi connectivity index (χ2n) is 4.32. The Morgan fingerprint density at radius 3 is 2.47 bits per heavy atom. The van der Waals surface area contributed by atoms with Crippen molar-refractivity contribution in [1.29, 1.82) is 0 Å². The molecule has 5 heteroatoms. The Morgan fingerprint density at radius 1 is 1.26 bits per heavy atom. The SMILES string of the molecule is CCOC(=O)CC(=O)CN(C)Cc1ccc(F)cc1. The maximum Gasteiger partial charge on any atom is 0.313 e. The second-order valence-corrected chi connectivity index (χ2v) is 4.32. The molecule has 1 aromatic carbocycles. The van der Waals surface area contributed by atoms with Gasteiger partial charge in [0.2, 0.25) is 0 Å². The van der Waals surface area contributed by atoms with Crippen LogP contribution in [-0.2, 0) is 20.9 Å². The molecule has 1 rings (SSSR count). The molecular weight excluding hydrogens is 249 g/mol. The highest BCUT2D eigenvalue weighted by atomic mass is 19.1. The Labute approximate surface area is 112 Å². The van der Waals surface area contributed by atoms with Gasteiger partial charge >= 0.3 is 5.97 Å². The number of rotatable bonds is 7. The van der Waals surface area contributed by atoms with Gasteiger partial charge in [-0.15, -0.1) is 0 Å². The number of likely N-dealkylation sites (N-methyl/N-ethyl adjacent to an activating group) is 1. The van der Waals surface area contributed by atoms with Gasteiger partial charge in [0.25, 0.3) is 0 Å². The molecule has 0 fully saturated rings. The number of esters is 1. The first-order chi connectivity index (χ1) is 9.01. The fourth-order valence-corrected chi connectivity index (χ4v) is 1.69. The normalized spacial score (nSPS) is 10.5. The van der Waals surface area contributed by atoms with E-state index in [1.807, 2.05) is 0 Å². The number of carbonyl (C=O) groups is 2. The van der Waals surface area contributed by atoms with E-state index in [0.29, 0.717) is 6.54 Å². The molecule has 0 spiro atoms. The van der Waals surface area contributed by atoms with Crippen LogP contribution in [0.3, 0.4) is 0 Å². The lowest BCUT2D eigenvalue weighted by atomic mass is 10.2. The van der Waals surface area contributed by atoms with Gasteiger partial charge in [0, 0.05) is 6.54 Å². The van der Waals surface area contributed by atoms with Gasteiger partial charge in [-0.1, -0.05) is 12.1 Å². The minimum absolute atomic E-state index is 0.163. The molecular formula is C14H18FNO3. The number of halogens is 1. The van der Waals surface area contributed by atoms with Crippen molar-refractivity contribution in [1.82, 2.24) is 4.90 Å². The number of benzene rings is 1. The molecule has 104 valence electrons. The third-order valence-electron chi connectivity index (χ3n) is 2.46. The summed E-state index contributed by atoms with van der Waals surface area (Å²) >= 11 is 0. The number of ether oxygens (including phenoxy) is 1. The fourth-order valence-electron chi connectivity index (χ4n) is 1.69. The molecule has 0 aromatic heterocycles. The first-order valence-corrected chi connectivity index (χ1v) is 6.11. The van der Waals surface area contributed by atoms with Crippen molar-refractivity contribution in [2.45, 2.75) is 19.9 Å². The lowest BCUT2D eigenvalue weighted by molar-refractivity contribution is -0.145. The van der Waals surface area contributed by atoms with Crippen LogP contribution in [0, 0.1) is 5.82 Å². The molecule has 0 bridgehead atoms. The molecule has 0 radical (unpaired) electrons. The molecule has 0 N–H and O–H groups in total. The van der Waals surface area contributed by atoms with Gasteiger partial charge in [0.05, 0.1) is 13.2 Å². The van der Waals surface area contributed by atoms with Crippen LogP contribution >= 0.6 is 0 Å². The molecule has 0 aliphatic heterocycles. The van der Waals surface area contributed by atoms with E-state index in [4.69, 9.17) is 4.74 Å². The molecule has 0 saturated carbocycles.